The lowest BCUT2D eigenvalue weighted by Gasteiger charge is -2.25. The Morgan fingerprint density at radius 1 is 1.08 bits per heavy atom. The fourth-order valence-corrected chi connectivity index (χ4v) is 3.95. The molecule has 0 aliphatic heterocycles. The number of hydrogen-bond acceptors (Lipinski definition) is 4. The van der Waals surface area contributed by atoms with Crippen molar-refractivity contribution in [2.75, 3.05) is 7.05 Å². The van der Waals surface area contributed by atoms with Crippen LogP contribution in [0.1, 0.15) is 43.5 Å². The summed E-state index contributed by atoms with van der Waals surface area (Å²) in [6.45, 7) is 6.20. The van der Waals surface area contributed by atoms with Gasteiger partial charge in [0.2, 0.25) is 0 Å². The van der Waals surface area contributed by atoms with E-state index in [0.717, 1.165) is 6.42 Å². The molecule has 1 aromatic heterocycles. The van der Waals surface area contributed by atoms with Crippen molar-refractivity contribution in [3.8, 4) is 0 Å². The number of sulfone groups is 1. The second-order valence-corrected chi connectivity index (χ2v) is 8.72. The van der Waals surface area contributed by atoms with Gasteiger partial charge in [0, 0.05) is 13.1 Å². The van der Waals surface area contributed by atoms with Crippen LogP contribution in [0, 0.1) is 5.92 Å². The summed E-state index contributed by atoms with van der Waals surface area (Å²) in [5.74, 6) is 0.397. The molecule has 0 fully saturated rings. The van der Waals surface area contributed by atoms with E-state index in [4.69, 9.17) is 4.42 Å². The number of benzene rings is 1. The van der Waals surface area contributed by atoms with E-state index in [-0.39, 0.29) is 34.1 Å². The summed E-state index contributed by atoms with van der Waals surface area (Å²) in [4.78, 5) is 14.4. The minimum Gasteiger partial charge on any atom is -0.455 e. The predicted octanol–water partition coefficient (Wildman–Crippen LogP) is 3.76. The van der Waals surface area contributed by atoms with Crippen molar-refractivity contribution in [2.24, 2.45) is 5.92 Å². The topological polar surface area (TPSA) is 67.6 Å². The first-order valence-electron chi connectivity index (χ1n) is 8.34. The number of nitrogens with zero attached hydrogens (tertiary/aromatic N) is 1. The highest BCUT2D eigenvalue weighted by molar-refractivity contribution is 7.90. The molecule has 1 unspecified atom stereocenters. The Kier molecular flexibility index (Phi) is 6.06. The minimum absolute atomic E-state index is 0.0779. The molecule has 0 aliphatic carbocycles. The first-order chi connectivity index (χ1) is 11.7. The second kappa shape index (κ2) is 7.87. The smallest absolute Gasteiger partial charge is 0.289 e. The molecule has 0 saturated carbocycles. The zero-order valence-corrected chi connectivity index (χ0v) is 15.9. The normalized spacial score (nSPS) is 13.0. The van der Waals surface area contributed by atoms with E-state index in [0.29, 0.717) is 5.92 Å². The van der Waals surface area contributed by atoms with Gasteiger partial charge >= 0.3 is 0 Å². The number of amides is 1. The van der Waals surface area contributed by atoms with Gasteiger partial charge in [-0.25, -0.2) is 8.42 Å². The first-order valence-corrected chi connectivity index (χ1v) is 9.99. The average molecular weight is 363 g/mol. The standard InChI is InChI=1S/C19H25NO4S/c1-14(2)12-15(3)20(4)19(21)18-11-10-16(24-18)13-25(22,23)17-8-6-5-7-9-17/h5-11,14-15H,12-13H2,1-4H3. The lowest BCUT2D eigenvalue weighted by atomic mass is 10.0. The van der Waals surface area contributed by atoms with Gasteiger partial charge in [-0.3, -0.25) is 4.79 Å². The van der Waals surface area contributed by atoms with Gasteiger partial charge in [-0.05, 0) is 43.5 Å². The van der Waals surface area contributed by atoms with Crippen LogP contribution in [-0.4, -0.2) is 32.3 Å². The highest BCUT2D eigenvalue weighted by Crippen LogP contribution is 2.20. The van der Waals surface area contributed by atoms with Gasteiger partial charge < -0.3 is 9.32 Å². The van der Waals surface area contributed by atoms with Crippen molar-refractivity contribution in [1.29, 1.82) is 0 Å². The van der Waals surface area contributed by atoms with Gasteiger partial charge in [0.15, 0.2) is 15.6 Å². The number of furan rings is 1. The van der Waals surface area contributed by atoms with Crippen LogP contribution < -0.4 is 0 Å². The lowest BCUT2D eigenvalue weighted by Crippen LogP contribution is -2.35. The summed E-state index contributed by atoms with van der Waals surface area (Å²) < 4.78 is 30.3. The van der Waals surface area contributed by atoms with Crippen LogP contribution in [0.4, 0.5) is 0 Å². The lowest BCUT2D eigenvalue weighted by molar-refractivity contribution is 0.0694. The van der Waals surface area contributed by atoms with Crippen LogP contribution >= 0.6 is 0 Å². The number of hydrogen-bond donors (Lipinski definition) is 0. The summed E-state index contributed by atoms with van der Waals surface area (Å²) in [7, 11) is -1.76. The van der Waals surface area contributed by atoms with Crippen LogP contribution in [0.5, 0.6) is 0 Å². The van der Waals surface area contributed by atoms with Gasteiger partial charge in [0.05, 0.1) is 4.90 Å². The van der Waals surface area contributed by atoms with Gasteiger partial charge in [-0.2, -0.15) is 0 Å². The predicted molar refractivity (Wildman–Crippen MR) is 97.1 cm³/mol. The Bertz CT molecular complexity index is 809. The van der Waals surface area contributed by atoms with Crippen LogP contribution in [0.2, 0.25) is 0 Å². The molecule has 5 nitrogen and oxygen atoms in total. The van der Waals surface area contributed by atoms with E-state index in [9.17, 15) is 13.2 Å². The summed E-state index contributed by atoms with van der Waals surface area (Å²) in [5, 5.41) is 0. The quantitative estimate of drug-likeness (QED) is 0.751. The van der Waals surface area contributed by atoms with E-state index >= 15 is 0 Å². The molecule has 1 amide bonds. The largest absolute Gasteiger partial charge is 0.455 e. The molecule has 6 heteroatoms. The third-order valence-corrected chi connectivity index (χ3v) is 5.76. The Morgan fingerprint density at radius 3 is 2.32 bits per heavy atom. The Labute approximate surface area is 149 Å². The van der Waals surface area contributed by atoms with Crippen molar-refractivity contribution in [3.63, 3.8) is 0 Å². The van der Waals surface area contributed by atoms with Crippen LogP contribution in [0.3, 0.4) is 0 Å². The average Bonchev–Trinajstić information content (AvgIpc) is 3.01. The maximum Gasteiger partial charge on any atom is 0.289 e. The van der Waals surface area contributed by atoms with E-state index in [1.807, 2.05) is 6.92 Å². The molecule has 25 heavy (non-hydrogen) atoms. The number of carbonyl (C=O) groups is 1. The monoisotopic (exact) mass is 363 g/mol. The van der Waals surface area contributed by atoms with Crippen LogP contribution in [-0.2, 0) is 15.6 Å². The van der Waals surface area contributed by atoms with E-state index in [1.54, 1.807) is 48.3 Å². The summed E-state index contributed by atoms with van der Waals surface area (Å²) in [6, 6.07) is 11.4. The number of carbonyl (C=O) groups excluding carboxylic acids is 1. The first kappa shape index (κ1) is 19.2. The Morgan fingerprint density at radius 2 is 1.72 bits per heavy atom. The molecule has 2 rings (SSSR count). The van der Waals surface area contributed by atoms with Crippen LogP contribution in [0.15, 0.2) is 51.8 Å². The van der Waals surface area contributed by atoms with Crippen molar-refractivity contribution in [2.45, 2.75) is 43.9 Å². The van der Waals surface area contributed by atoms with E-state index < -0.39 is 9.84 Å². The van der Waals surface area contributed by atoms with Gasteiger partial charge in [-0.15, -0.1) is 0 Å². The molecular weight excluding hydrogens is 338 g/mol. The molecule has 0 N–H and O–H groups in total. The minimum atomic E-state index is -3.50. The SMILES string of the molecule is CC(C)CC(C)N(C)C(=O)c1ccc(CS(=O)(=O)c2ccccc2)o1. The summed E-state index contributed by atoms with van der Waals surface area (Å²) >= 11 is 0. The molecule has 136 valence electrons. The fourth-order valence-electron chi connectivity index (χ4n) is 2.68. The molecular formula is C19H25NO4S. The van der Waals surface area contributed by atoms with Crippen molar-refractivity contribution >= 4 is 15.7 Å². The third kappa shape index (κ3) is 4.95. The summed E-state index contributed by atoms with van der Waals surface area (Å²) in [5.41, 5.74) is 0. The number of rotatable bonds is 7. The molecule has 2 aromatic rings. The molecule has 1 atom stereocenters. The molecule has 1 aromatic carbocycles. The molecule has 0 saturated heterocycles. The highest BCUT2D eigenvalue weighted by atomic mass is 32.2. The van der Waals surface area contributed by atoms with E-state index in [2.05, 4.69) is 13.8 Å². The molecule has 0 spiro atoms. The van der Waals surface area contributed by atoms with Crippen molar-refractivity contribution in [3.05, 3.63) is 54.0 Å². The molecule has 0 aliphatic rings. The Balaban J connectivity index is 2.11. The Hall–Kier alpha value is -2.08. The second-order valence-electron chi connectivity index (χ2n) is 6.73. The van der Waals surface area contributed by atoms with Crippen LogP contribution in [0.25, 0.3) is 0 Å². The van der Waals surface area contributed by atoms with Crippen molar-refractivity contribution in [1.82, 2.24) is 4.90 Å². The fraction of sp³-hybridized carbons (Fsp3) is 0.421. The summed E-state index contributed by atoms with van der Waals surface area (Å²) in [6.07, 6.45) is 0.887. The highest BCUT2D eigenvalue weighted by Gasteiger charge is 2.23. The van der Waals surface area contributed by atoms with Gasteiger partial charge in [0.1, 0.15) is 11.5 Å². The molecule has 0 bridgehead atoms. The maximum atomic E-state index is 12.5. The molecule has 1 heterocycles. The third-order valence-electron chi connectivity index (χ3n) is 4.10. The van der Waals surface area contributed by atoms with Crippen molar-refractivity contribution < 1.29 is 17.6 Å². The molecule has 0 radical (unpaired) electrons. The maximum absolute atomic E-state index is 12.5. The van der Waals surface area contributed by atoms with Gasteiger partial charge in [0.25, 0.3) is 5.91 Å². The zero-order chi connectivity index (χ0) is 18.6. The van der Waals surface area contributed by atoms with Gasteiger partial charge in [-0.1, -0.05) is 32.0 Å². The zero-order valence-electron chi connectivity index (χ0n) is 15.1. The van der Waals surface area contributed by atoms with E-state index in [1.165, 1.54) is 6.07 Å².